The molecule has 0 aliphatic carbocycles. The first kappa shape index (κ1) is 21.1. The van der Waals surface area contributed by atoms with E-state index >= 15 is 0 Å². The van der Waals surface area contributed by atoms with Gasteiger partial charge >= 0.3 is 0 Å². The summed E-state index contributed by atoms with van der Waals surface area (Å²) in [5.74, 6) is 0.465. The molecule has 0 spiro atoms. The Morgan fingerprint density at radius 3 is 2.35 bits per heavy atom. The normalized spacial score (nSPS) is 14.2. The Morgan fingerprint density at radius 2 is 1.55 bits per heavy atom. The molecule has 5 heteroatoms. The number of hydrogen-bond acceptors (Lipinski definition) is 3. The molecule has 3 aromatic rings. The summed E-state index contributed by atoms with van der Waals surface area (Å²) in [7, 11) is 0. The van der Waals surface area contributed by atoms with Crippen molar-refractivity contribution in [2.45, 2.75) is 19.7 Å². The number of amides is 1. The zero-order valence-electron chi connectivity index (χ0n) is 17.7. The van der Waals surface area contributed by atoms with Gasteiger partial charge in [-0.15, -0.1) is 0 Å². The van der Waals surface area contributed by atoms with Crippen LogP contribution < -0.4 is 15.0 Å². The van der Waals surface area contributed by atoms with E-state index in [1.54, 1.807) is 6.07 Å². The Morgan fingerprint density at radius 1 is 0.871 bits per heavy atom. The first-order valence-electron chi connectivity index (χ1n) is 10.8. The first-order valence-corrected chi connectivity index (χ1v) is 10.8. The molecule has 0 atom stereocenters. The summed E-state index contributed by atoms with van der Waals surface area (Å²) in [4.78, 5) is 14.5. The predicted octanol–water partition coefficient (Wildman–Crippen LogP) is 2.61. The first-order chi connectivity index (χ1) is 15.3. The molecule has 0 bridgehead atoms. The molecule has 1 saturated heterocycles. The molecule has 160 valence electrons. The quantitative estimate of drug-likeness (QED) is 0.593. The number of morpholine rings is 1. The molecule has 0 saturated carbocycles. The van der Waals surface area contributed by atoms with Gasteiger partial charge in [-0.25, -0.2) is 0 Å². The molecule has 2 N–H and O–H groups in total. The van der Waals surface area contributed by atoms with Crippen LogP contribution in [0.5, 0.6) is 5.75 Å². The highest BCUT2D eigenvalue weighted by Crippen LogP contribution is 2.20. The predicted molar refractivity (Wildman–Crippen MR) is 120 cm³/mol. The van der Waals surface area contributed by atoms with Crippen molar-refractivity contribution in [3.05, 3.63) is 101 Å². The van der Waals surface area contributed by atoms with Crippen molar-refractivity contribution in [3.63, 3.8) is 0 Å². The van der Waals surface area contributed by atoms with Crippen LogP contribution in [0, 0.1) is 0 Å². The van der Waals surface area contributed by atoms with Crippen molar-refractivity contribution in [1.29, 1.82) is 0 Å². The maximum absolute atomic E-state index is 12.9. The summed E-state index contributed by atoms with van der Waals surface area (Å²) in [5.41, 5.74) is 4.04. The number of quaternary nitrogens is 1. The number of rotatable bonds is 8. The Balaban J connectivity index is 1.39. The number of para-hydroxylation sites is 1. The minimum atomic E-state index is -0.128. The molecule has 1 heterocycles. The van der Waals surface area contributed by atoms with Gasteiger partial charge in [-0.2, -0.15) is 0 Å². The number of nitrogens with one attached hydrogen (secondary N) is 2. The molecule has 3 aromatic carbocycles. The van der Waals surface area contributed by atoms with Gasteiger partial charge in [-0.3, -0.25) is 4.79 Å². The van der Waals surface area contributed by atoms with Gasteiger partial charge in [0.25, 0.3) is 5.91 Å². The summed E-state index contributed by atoms with van der Waals surface area (Å²) in [6.07, 6.45) is 0. The van der Waals surface area contributed by atoms with Crippen molar-refractivity contribution in [2.24, 2.45) is 0 Å². The Labute approximate surface area is 183 Å². The lowest BCUT2D eigenvalue weighted by Crippen LogP contribution is -3.12. The number of benzene rings is 3. The maximum atomic E-state index is 12.9. The Kier molecular flexibility index (Phi) is 7.32. The van der Waals surface area contributed by atoms with Crippen molar-refractivity contribution in [1.82, 2.24) is 5.32 Å². The van der Waals surface area contributed by atoms with E-state index in [9.17, 15) is 4.79 Å². The second-order valence-electron chi connectivity index (χ2n) is 7.76. The molecular weight excluding hydrogens is 388 g/mol. The van der Waals surface area contributed by atoms with Gasteiger partial charge in [0, 0.05) is 12.1 Å². The van der Waals surface area contributed by atoms with E-state index in [2.05, 4.69) is 23.5 Å². The van der Waals surface area contributed by atoms with Crippen molar-refractivity contribution < 1.29 is 19.2 Å². The topological polar surface area (TPSA) is 52.0 Å². The number of carbonyl (C=O) groups excluding carboxylic acids is 1. The fraction of sp³-hybridized carbons (Fsp3) is 0.269. The molecule has 4 rings (SSSR count). The molecule has 0 radical (unpaired) electrons. The molecule has 1 aliphatic rings. The highest BCUT2D eigenvalue weighted by Gasteiger charge is 2.17. The molecule has 1 fully saturated rings. The highest BCUT2D eigenvalue weighted by atomic mass is 16.5. The summed E-state index contributed by atoms with van der Waals surface area (Å²) in [5, 5.41) is 3.08. The van der Waals surface area contributed by atoms with Crippen LogP contribution in [0.25, 0.3) is 0 Å². The minimum Gasteiger partial charge on any atom is -0.488 e. The van der Waals surface area contributed by atoms with Crippen LogP contribution in [0.3, 0.4) is 0 Å². The second-order valence-corrected chi connectivity index (χ2v) is 7.76. The number of ether oxygens (including phenoxy) is 2. The third-order valence-corrected chi connectivity index (χ3v) is 5.57. The van der Waals surface area contributed by atoms with E-state index < -0.39 is 0 Å². The van der Waals surface area contributed by atoms with Crippen molar-refractivity contribution in [3.8, 4) is 5.75 Å². The van der Waals surface area contributed by atoms with Crippen LogP contribution >= 0.6 is 0 Å². The highest BCUT2D eigenvalue weighted by molar-refractivity contribution is 5.96. The summed E-state index contributed by atoms with van der Waals surface area (Å²) < 4.78 is 11.4. The minimum absolute atomic E-state index is 0.128. The van der Waals surface area contributed by atoms with Gasteiger partial charge in [-0.05, 0) is 23.3 Å². The monoisotopic (exact) mass is 417 g/mol. The lowest BCUT2D eigenvalue weighted by Gasteiger charge is -2.24. The molecular formula is C26H29N2O3+. The average molecular weight is 418 g/mol. The van der Waals surface area contributed by atoms with Gasteiger partial charge < -0.3 is 19.7 Å². The average Bonchev–Trinajstić information content (AvgIpc) is 2.83. The zero-order chi connectivity index (χ0) is 21.3. The fourth-order valence-corrected chi connectivity index (χ4v) is 3.79. The lowest BCUT2D eigenvalue weighted by molar-refractivity contribution is -0.921. The third kappa shape index (κ3) is 5.94. The van der Waals surface area contributed by atoms with E-state index in [1.165, 1.54) is 10.5 Å². The summed E-state index contributed by atoms with van der Waals surface area (Å²) in [6, 6.07) is 25.7. The molecule has 1 aliphatic heterocycles. The van der Waals surface area contributed by atoms with E-state index in [-0.39, 0.29) is 5.91 Å². The maximum Gasteiger partial charge on any atom is 0.255 e. The van der Waals surface area contributed by atoms with Crippen molar-refractivity contribution >= 4 is 5.91 Å². The fourth-order valence-electron chi connectivity index (χ4n) is 3.79. The van der Waals surface area contributed by atoms with Crippen LogP contribution in [-0.4, -0.2) is 32.2 Å². The standard InChI is InChI=1S/C26H28N2O3/c29-26(24-12-6-7-13-25(24)31-20-21-8-2-1-3-9-21)27-18-22-10-4-5-11-23(22)19-28-14-16-30-17-15-28/h1-13H,14-20H2,(H,27,29)/p+1. The SMILES string of the molecule is O=C(NCc1ccccc1C[NH+]1CCOCC1)c1ccccc1OCc1ccccc1. The van der Waals surface area contributed by atoms with Crippen LogP contribution in [0.15, 0.2) is 78.9 Å². The third-order valence-electron chi connectivity index (χ3n) is 5.57. The Hall–Kier alpha value is -3.15. The van der Waals surface area contributed by atoms with E-state index in [0.717, 1.165) is 44.0 Å². The van der Waals surface area contributed by atoms with Crippen LogP contribution in [0.4, 0.5) is 0 Å². The van der Waals surface area contributed by atoms with Crippen LogP contribution in [0.1, 0.15) is 27.0 Å². The van der Waals surface area contributed by atoms with Crippen LogP contribution in [-0.2, 0) is 24.4 Å². The van der Waals surface area contributed by atoms with E-state index in [0.29, 0.717) is 24.5 Å². The lowest BCUT2D eigenvalue weighted by atomic mass is 10.1. The van der Waals surface area contributed by atoms with Gasteiger partial charge in [0.05, 0.1) is 18.8 Å². The number of hydrogen-bond donors (Lipinski definition) is 2. The molecule has 31 heavy (non-hydrogen) atoms. The zero-order valence-corrected chi connectivity index (χ0v) is 17.7. The molecule has 1 amide bonds. The molecule has 0 aromatic heterocycles. The van der Waals surface area contributed by atoms with Gasteiger partial charge in [-0.1, -0.05) is 66.7 Å². The smallest absolute Gasteiger partial charge is 0.255 e. The van der Waals surface area contributed by atoms with Gasteiger partial charge in [0.15, 0.2) is 0 Å². The van der Waals surface area contributed by atoms with Gasteiger partial charge in [0.1, 0.15) is 32.0 Å². The van der Waals surface area contributed by atoms with Gasteiger partial charge in [0.2, 0.25) is 0 Å². The molecule has 0 unspecified atom stereocenters. The Bertz CT molecular complexity index is 985. The largest absolute Gasteiger partial charge is 0.488 e. The number of carbonyl (C=O) groups is 1. The van der Waals surface area contributed by atoms with Crippen LogP contribution in [0.2, 0.25) is 0 Å². The summed E-state index contributed by atoms with van der Waals surface area (Å²) >= 11 is 0. The summed E-state index contributed by atoms with van der Waals surface area (Å²) in [6.45, 7) is 5.54. The van der Waals surface area contributed by atoms with E-state index in [1.807, 2.05) is 54.6 Å². The second kappa shape index (κ2) is 10.8. The molecule has 5 nitrogen and oxygen atoms in total. The van der Waals surface area contributed by atoms with E-state index in [4.69, 9.17) is 9.47 Å². The van der Waals surface area contributed by atoms with Crippen molar-refractivity contribution in [2.75, 3.05) is 26.3 Å².